The SMILES string of the molecule is Cc1nn(C(C)(C)C)c2nc(C(C)C)c(C=CC(O)CC(O)CC(=O)O)c(-c3ccc(F)cc3)c12. The first-order valence-electron chi connectivity index (χ1n) is 11.7. The van der Waals surface area contributed by atoms with Crippen molar-refractivity contribution in [3.05, 3.63) is 53.1 Å². The third-order valence-corrected chi connectivity index (χ3v) is 5.78. The van der Waals surface area contributed by atoms with Crippen molar-refractivity contribution in [2.45, 2.75) is 78.0 Å². The van der Waals surface area contributed by atoms with Gasteiger partial charge in [-0.2, -0.15) is 5.10 Å². The lowest BCUT2D eigenvalue weighted by Crippen LogP contribution is -2.23. The minimum atomic E-state index is -1.17. The van der Waals surface area contributed by atoms with E-state index < -0.39 is 24.6 Å². The van der Waals surface area contributed by atoms with Gasteiger partial charge in [-0.05, 0) is 51.3 Å². The van der Waals surface area contributed by atoms with Crippen LogP contribution in [0.1, 0.15) is 70.3 Å². The number of fused-ring (bicyclic) bond motifs is 1. The number of hydrogen-bond acceptors (Lipinski definition) is 5. The average molecular weight is 484 g/mol. The van der Waals surface area contributed by atoms with Crippen molar-refractivity contribution in [2.75, 3.05) is 0 Å². The number of aryl methyl sites for hydroxylation is 1. The molecule has 3 N–H and O–H groups in total. The van der Waals surface area contributed by atoms with Crippen LogP contribution in [0.4, 0.5) is 4.39 Å². The number of nitrogens with zero attached hydrogens (tertiary/aromatic N) is 3. The lowest BCUT2D eigenvalue weighted by Gasteiger charge is -2.22. The molecule has 0 saturated carbocycles. The van der Waals surface area contributed by atoms with E-state index in [0.29, 0.717) is 0 Å². The summed E-state index contributed by atoms with van der Waals surface area (Å²) in [7, 11) is 0. The maximum absolute atomic E-state index is 13.8. The number of aliphatic hydroxyl groups excluding tert-OH is 2. The normalized spacial score (nSPS) is 14.2. The van der Waals surface area contributed by atoms with Gasteiger partial charge in [0.1, 0.15) is 5.82 Å². The number of hydrogen-bond donors (Lipinski definition) is 3. The van der Waals surface area contributed by atoms with Crippen molar-refractivity contribution in [2.24, 2.45) is 0 Å². The molecule has 188 valence electrons. The van der Waals surface area contributed by atoms with Crippen LogP contribution in [-0.4, -0.2) is 48.3 Å². The Morgan fingerprint density at radius 1 is 1.17 bits per heavy atom. The molecule has 2 atom stereocenters. The molecule has 1 aromatic carbocycles. The summed E-state index contributed by atoms with van der Waals surface area (Å²) in [5.41, 5.74) is 4.37. The van der Waals surface area contributed by atoms with E-state index in [1.54, 1.807) is 18.2 Å². The number of pyridine rings is 1. The van der Waals surface area contributed by atoms with Gasteiger partial charge >= 0.3 is 5.97 Å². The standard InChI is InChI=1S/C27H34FN3O4/c1-15(2)25-21(12-11-19(32)13-20(33)14-22(34)35)24(17-7-9-18(28)10-8-17)23-16(3)30-31(26(23)29-25)27(4,5)6/h7-12,15,19-20,32-33H,13-14H2,1-6H3,(H,34,35). The number of carbonyl (C=O) groups is 1. The first-order valence-corrected chi connectivity index (χ1v) is 11.7. The number of rotatable bonds is 8. The molecule has 0 bridgehead atoms. The van der Waals surface area contributed by atoms with Gasteiger partial charge in [0, 0.05) is 17.5 Å². The third kappa shape index (κ3) is 5.94. The minimum Gasteiger partial charge on any atom is -0.481 e. The topological polar surface area (TPSA) is 108 Å². The number of aromatic nitrogens is 3. The van der Waals surface area contributed by atoms with Gasteiger partial charge in [-0.15, -0.1) is 0 Å². The van der Waals surface area contributed by atoms with Crippen molar-refractivity contribution in [3.8, 4) is 11.1 Å². The Kier molecular flexibility index (Phi) is 7.77. The quantitative estimate of drug-likeness (QED) is 0.415. The average Bonchev–Trinajstić information content (AvgIpc) is 3.08. The highest BCUT2D eigenvalue weighted by atomic mass is 19.1. The van der Waals surface area contributed by atoms with Crippen LogP contribution in [0, 0.1) is 12.7 Å². The highest BCUT2D eigenvalue weighted by Gasteiger charge is 2.26. The van der Waals surface area contributed by atoms with Crippen molar-refractivity contribution >= 4 is 23.1 Å². The zero-order chi connectivity index (χ0) is 26.1. The molecule has 0 fully saturated rings. The van der Waals surface area contributed by atoms with Crippen LogP contribution in [-0.2, 0) is 10.3 Å². The zero-order valence-corrected chi connectivity index (χ0v) is 21.1. The van der Waals surface area contributed by atoms with E-state index in [-0.39, 0.29) is 23.7 Å². The fraction of sp³-hybridized carbons (Fsp3) is 0.444. The smallest absolute Gasteiger partial charge is 0.305 e. The molecule has 7 nitrogen and oxygen atoms in total. The van der Waals surface area contributed by atoms with Gasteiger partial charge in [0.25, 0.3) is 0 Å². The Labute approximate surface area is 204 Å². The largest absolute Gasteiger partial charge is 0.481 e. The molecule has 0 radical (unpaired) electrons. The highest BCUT2D eigenvalue weighted by molar-refractivity contribution is 6.00. The molecule has 2 unspecified atom stereocenters. The van der Waals surface area contributed by atoms with Crippen molar-refractivity contribution in [1.29, 1.82) is 0 Å². The minimum absolute atomic E-state index is 0.0246. The summed E-state index contributed by atoms with van der Waals surface area (Å²) in [5, 5.41) is 34.9. The number of halogens is 1. The van der Waals surface area contributed by atoms with E-state index in [1.807, 2.05) is 25.5 Å². The first kappa shape index (κ1) is 26.5. The van der Waals surface area contributed by atoms with E-state index in [0.717, 1.165) is 39.1 Å². The number of carboxylic acid groups (broad SMARTS) is 1. The zero-order valence-electron chi connectivity index (χ0n) is 21.1. The summed E-state index contributed by atoms with van der Waals surface area (Å²) in [5.74, 6) is -1.45. The Bertz CT molecular complexity index is 1240. The van der Waals surface area contributed by atoms with E-state index in [9.17, 15) is 19.4 Å². The molecule has 35 heavy (non-hydrogen) atoms. The monoisotopic (exact) mass is 483 g/mol. The summed E-state index contributed by atoms with van der Waals surface area (Å²) in [4.78, 5) is 15.9. The second-order valence-electron chi connectivity index (χ2n) is 10.2. The van der Waals surface area contributed by atoms with Gasteiger partial charge in [-0.25, -0.2) is 14.1 Å². The van der Waals surface area contributed by atoms with Gasteiger partial charge in [-0.3, -0.25) is 4.79 Å². The van der Waals surface area contributed by atoms with Gasteiger partial charge in [0.15, 0.2) is 5.65 Å². The van der Waals surface area contributed by atoms with Crippen molar-refractivity contribution < 1.29 is 24.5 Å². The second kappa shape index (κ2) is 10.3. The Morgan fingerprint density at radius 2 is 1.80 bits per heavy atom. The summed E-state index contributed by atoms with van der Waals surface area (Å²) in [6, 6.07) is 6.24. The van der Waals surface area contributed by atoms with E-state index in [4.69, 9.17) is 15.2 Å². The maximum Gasteiger partial charge on any atom is 0.305 e. The Balaban J connectivity index is 2.27. The van der Waals surface area contributed by atoms with Crippen LogP contribution in [0.2, 0.25) is 0 Å². The number of aliphatic hydroxyl groups is 2. The molecule has 0 spiro atoms. The molecule has 2 heterocycles. The molecule has 0 amide bonds. The van der Waals surface area contributed by atoms with E-state index >= 15 is 0 Å². The first-order chi connectivity index (χ1) is 16.3. The molecule has 0 aliphatic heterocycles. The predicted octanol–water partition coefficient (Wildman–Crippen LogP) is 5.02. The van der Waals surface area contributed by atoms with Crippen LogP contribution in [0.15, 0.2) is 30.3 Å². The third-order valence-electron chi connectivity index (χ3n) is 5.78. The van der Waals surface area contributed by atoms with Crippen molar-refractivity contribution in [3.63, 3.8) is 0 Å². The lowest BCUT2D eigenvalue weighted by atomic mass is 9.90. The number of benzene rings is 1. The summed E-state index contributed by atoms with van der Waals surface area (Å²) < 4.78 is 15.7. The van der Waals surface area contributed by atoms with Gasteiger partial charge < -0.3 is 15.3 Å². The molecule has 0 aliphatic carbocycles. The molecule has 3 rings (SSSR count). The van der Waals surface area contributed by atoms with Gasteiger partial charge in [0.05, 0.1) is 40.9 Å². The molecular weight excluding hydrogens is 449 g/mol. The van der Waals surface area contributed by atoms with Gasteiger partial charge in [0.2, 0.25) is 0 Å². The Hall–Kier alpha value is -3.10. The summed E-state index contributed by atoms with van der Waals surface area (Å²) in [6.45, 7) is 12.1. The van der Waals surface area contributed by atoms with E-state index in [2.05, 4.69) is 20.8 Å². The van der Waals surface area contributed by atoms with Crippen LogP contribution >= 0.6 is 0 Å². The van der Waals surface area contributed by atoms with Crippen LogP contribution in [0.3, 0.4) is 0 Å². The van der Waals surface area contributed by atoms with E-state index in [1.165, 1.54) is 18.2 Å². The molecule has 2 aromatic heterocycles. The lowest BCUT2D eigenvalue weighted by molar-refractivity contribution is -0.139. The molecule has 3 aromatic rings. The second-order valence-corrected chi connectivity index (χ2v) is 10.2. The fourth-order valence-electron chi connectivity index (χ4n) is 4.19. The fourth-order valence-corrected chi connectivity index (χ4v) is 4.19. The number of aliphatic carboxylic acids is 1. The molecule has 0 saturated heterocycles. The highest BCUT2D eigenvalue weighted by Crippen LogP contribution is 2.39. The van der Waals surface area contributed by atoms with Crippen LogP contribution < -0.4 is 0 Å². The summed E-state index contributed by atoms with van der Waals surface area (Å²) >= 11 is 0. The molecular formula is C27H34FN3O4. The predicted molar refractivity (Wildman–Crippen MR) is 135 cm³/mol. The Morgan fingerprint density at radius 3 is 2.34 bits per heavy atom. The molecule has 0 aliphatic rings. The summed E-state index contributed by atoms with van der Waals surface area (Å²) in [6.07, 6.45) is 0.521. The van der Waals surface area contributed by atoms with Crippen molar-refractivity contribution in [1.82, 2.24) is 14.8 Å². The van der Waals surface area contributed by atoms with Crippen LogP contribution in [0.5, 0.6) is 0 Å². The van der Waals surface area contributed by atoms with Gasteiger partial charge in [-0.1, -0.05) is 38.1 Å². The molecule has 8 heteroatoms. The number of carboxylic acids is 1. The maximum atomic E-state index is 13.8. The van der Waals surface area contributed by atoms with Crippen LogP contribution in [0.25, 0.3) is 28.2 Å².